The van der Waals surface area contributed by atoms with Crippen LogP contribution in [0.2, 0.25) is 0 Å². The molecule has 8 heteroatoms. The molecule has 20 heavy (non-hydrogen) atoms. The maximum atomic E-state index is 13.9. The van der Waals surface area contributed by atoms with Crippen molar-refractivity contribution in [2.45, 2.75) is 24.7 Å². The summed E-state index contributed by atoms with van der Waals surface area (Å²) in [5, 5.41) is 7.25. The van der Waals surface area contributed by atoms with E-state index in [2.05, 4.69) is 5.32 Å². The number of amides is 1. The highest BCUT2D eigenvalue weighted by Crippen LogP contribution is 2.44. The lowest BCUT2D eigenvalue weighted by Gasteiger charge is -2.11. The van der Waals surface area contributed by atoms with Gasteiger partial charge in [0.2, 0.25) is 10.0 Å². The Bertz CT molecular complexity index is 670. The summed E-state index contributed by atoms with van der Waals surface area (Å²) in [6, 6.07) is 1.10. The molecular weight excluding hydrogens is 290 g/mol. The number of nitrogens with one attached hydrogen (secondary N) is 1. The molecule has 1 aromatic carbocycles. The van der Waals surface area contributed by atoms with E-state index in [-0.39, 0.29) is 5.41 Å². The van der Waals surface area contributed by atoms with E-state index in [1.165, 1.54) is 0 Å². The van der Waals surface area contributed by atoms with Gasteiger partial charge in [0.1, 0.15) is 10.7 Å². The molecule has 1 aromatic rings. The van der Waals surface area contributed by atoms with Gasteiger partial charge in [0, 0.05) is 6.54 Å². The smallest absolute Gasteiger partial charge is 0.254 e. The fraction of sp³-hybridized carbons (Fsp3) is 0.417. The molecule has 1 aliphatic rings. The van der Waals surface area contributed by atoms with Gasteiger partial charge in [-0.05, 0) is 30.4 Å². The van der Waals surface area contributed by atoms with E-state index in [1.807, 2.05) is 6.92 Å². The van der Waals surface area contributed by atoms with Crippen molar-refractivity contribution in [2.24, 2.45) is 10.6 Å². The summed E-state index contributed by atoms with van der Waals surface area (Å²) in [7, 11) is -4.44. The number of hydrogen-bond acceptors (Lipinski definition) is 3. The van der Waals surface area contributed by atoms with Crippen LogP contribution in [0.3, 0.4) is 0 Å². The van der Waals surface area contributed by atoms with Gasteiger partial charge in [0.05, 0.1) is 5.56 Å². The lowest BCUT2D eigenvalue weighted by Crippen LogP contribution is -2.30. The molecule has 1 aliphatic carbocycles. The molecule has 5 nitrogen and oxygen atoms in total. The van der Waals surface area contributed by atoms with Crippen molar-refractivity contribution in [2.75, 3.05) is 6.54 Å². The average Bonchev–Trinajstić information content (AvgIpc) is 3.06. The van der Waals surface area contributed by atoms with Crippen LogP contribution < -0.4 is 10.5 Å². The first-order valence-electron chi connectivity index (χ1n) is 5.92. The number of benzene rings is 1. The first-order chi connectivity index (χ1) is 9.12. The third kappa shape index (κ3) is 3.13. The zero-order valence-electron chi connectivity index (χ0n) is 10.7. The third-order valence-electron chi connectivity index (χ3n) is 3.33. The number of nitrogens with two attached hydrogens (primary N) is 1. The summed E-state index contributed by atoms with van der Waals surface area (Å²) in [5.41, 5.74) is -0.680. The summed E-state index contributed by atoms with van der Waals surface area (Å²) in [6.45, 7) is 2.28. The fourth-order valence-electron chi connectivity index (χ4n) is 1.72. The Kier molecular flexibility index (Phi) is 3.55. The summed E-state index contributed by atoms with van der Waals surface area (Å²) < 4.78 is 49.6. The Morgan fingerprint density at radius 3 is 2.50 bits per heavy atom. The van der Waals surface area contributed by atoms with E-state index in [0.717, 1.165) is 12.8 Å². The van der Waals surface area contributed by atoms with Crippen molar-refractivity contribution in [3.8, 4) is 0 Å². The molecule has 0 bridgehead atoms. The van der Waals surface area contributed by atoms with Gasteiger partial charge >= 0.3 is 0 Å². The molecule has 0 heterocycles. The number of rotatable bonds is 4. The topological polar surface area (TPSA) is 89.3 Å². The maximum Gasteiger partial charge on any atom is 0.254 e. The SMILES string of the molecule is CC1(CNC(=O)c2cc(F)cc(S(N)(=O)=O)c2F)CC1. The van der Waals surface area contributed by atoms with Crippen molar-refractivity contribution in [3.05, 3.63) is 29.3 Å². The van der Waals surface area contributed by atoms with Crippen molar-refractivity contribution in [1.82, 2.24) is 5.32 Å². The van der Waals surface area contributed by atoms with Crippen molar-refractivity contribution in [3.63, 3.8) is 0 Å². The Hall–Kier alpha value is -1.54. The van der Waals surface area contributed by atoms with E-state index in [1.54, 1.807) is 0 Å². The van der Waals surface area contributed by atoms with Crippen LogP contribution in [0.5, 0.6) is 0 Å². The normalized spacial score (nSPS) is 16.8. The molecule has 0 saturated heterocycles. The van der Waals surface area contributed by atoms with Crippen LogP contribution in [-0.2, 0) is 10.0 Å². The summed E-state index contributed by atoms with van der Waals surface area (Å²) in [6.07, 6.45) is 1.89. The number of primary sulfonamides is 1. The van der Waals surface area contributed by atoms with Crippen LogP contribution in [0.25, 0.3) is 0 Å². The van der Waals surface area contributed by atoms with Gasteiger partial charge in [0.15, 0.2) is 5.82 Å². The summed E-state index contributed by atoms with van der Waals surface area (Å²) >= 11 is 0. The standard InChI is InChI=1S/C12H14F2N2O3S/c1-12(2-3-12)6-16-11(17)8-4-7(13)5-9(10(8)14)20(15,18)19/h4-5H,2-3,6H2,1H3,(H,16,17)(H2,15,18,19). The Morgan fingerprint density at radius 1 is 1.40 bits per heavy atom. The molecular formula is C12H14F2N2O3S. The van der Waals surface area contributed by atoms with Gasteiger partial charge in [-0.2, -0.15) is 0 Å². The zero-order chi connectivity index (χ0) is 15.1. The molecule has 0 radical (unpaired) electrons. The second-order valence-electron chi connectivity index (χ2n) is 5.30. The van der Waals surface area contributed by atoms with E-state index in [9.17, 15) is 22.0 Å². The van der Waals surface area contributed by atoms with Crippen LogP contribution in [0, 0.1) is 17.0 Å². The molecule has 1 fully saturated rings. The lowest BCUT2D eigenvalue weighted by molar-refractivity contribution is 0.0941. The molecule has 1 saturated carbocycles. The van der Waals surface area contributed by atoms with E-state index >= 15 is 0 Å². The molecule has 0 aromatic heterocycles. The van der Waals surface area contributed by atoms with Crippen LogP contribution in [0.15, 0.2) is 17.0 Å². The van der Waals surface area contributed by atoms with Crippen LogP contribution >= 0.6 is 0 Å². The van der Waals surface area contributed by atoms with Gasteiger partial charge < -0.3 is 5.32 Å². The Labute approximate surface area is 115 Å². The molecule has 2 rings (SSSR count). The fourth-order valence-corrected chi connectivity index (χ4v) is 2.35. The predicted molar refractivity (Wildman–Crippen MR) is 67.4 cm³/mol. The summed E-state index contributed by atoms with van der Waals surface area (Å²) in [5.74, 6) is -3.24. The van der Waals surface area contributed by atoms with Gasteiger partial charge in [-0.15, -0.1) is 0 Å². The highest BCUT2D eigenvalue weighted by Gasteiger charge is 2.37. The second kappa shape index (κ2) is 4.78. The monoisotopic (exact) mass is 304 g/mol. The number of carbonyl (C=O) groups excluding carboxylic acids is 1. The van der Waals surface area contributed by atoms with Crippen molar-refractivity contribution < 1.29 is 22.0 Å². The third-order valence-corrected chi connectivity index (χ3v) is 4.24. The quantitative estimate of drug-likeness (QED) is 0.874. The highest BCUT2D eigenvalue weighted by atomic mass is 32.2. The van der Waals surface area contributed by atoms with E-state index < -0.39 is 38.0 Å². The summed E-state index contributed by atoms with van der Waals surface area (Å²) in [4.78, 5) is 10.8. The molecule has 3 N–H and O–H groups in total. The second-order valence-corrected chi connectivity index (χ2v) is 6.83. The van der Waals surface area contributed by atoms with Gasteiger partial charge in [-0.25, -0.2) is 22.3 Å². The van der Waals surface area contributed by atoms with Gasteiger partial charge in [-0.3, -0.25) is 4.79 Å². The molecule has 1 amide bonds. The predicted octanol–water partition coefficient (Wildman–Crippen LogP) is 1.14. The van der Waals surface area contributed by atoms with Gasteiger partial charge in [0.25, 0.3) is 5.91 Å². The minimum atomic E-state index is -4.44. The van der Waals surface area contributed by atoms with E-state index in [0.29, 0.717) is 18.7 Å². The lowest BCUT2D eigenvalue weighted by atomic mass is 10.1. The van der Waals surface area contributed by atoms with Crippen molar-refractivity contribution >= 4 is 15.9 Å². The van der Waals surface area contributed by atoms with E-state index in [4.69, 9.17) is 5.14 Å². The molecule has 0 atom stereocenters. The number of halogens is 2. The highest BCUT2D eigenvalue weighted by molar-refractivity contribution is 7.89. The zero-order valence-corrected chi connectivity index (χ0v) is 11.6. The first-order valence-corrected chi connectivity index (χ1v) is 7.47. The van der Waals surface area contributed by atoms with Gasteiger partial charge in [-0.1, -0.05) is 6.92 Å². The number of sulfonamides is 1. The van der Waals surface area contributed by atoms with Crippen LogP contribution in [0.4, 0.5) is 8.78 Å². The average molecular weight is 304 g/mol. The Morgan fingerprint density at radius 2 is 2.00 bits per heavy atom. The van der Waals surface area contributed by atoms with Crippen LogP contribution in [0.1, 0.15) is 30.1 Å². The first kappa shape index (κ1) is 14.9. The largest absolute Gasteiger partial charge is 0.351 e. The Balaban J connectivity index is 2.31. The molecule has 0 aliphatic heterocycles. The molecule has 0 spiro atoms. The number of hydrogen-bond donors (Lipinski definition) is 2. The maximum absolute atomic E-state index is 13.9. The minimum absolute atomic E-state index is 0.0117. The molecule has 110 valence electrons. The van der Waals surface area contributed by atoms with Crippen molar-refractivity contribution in [1.29, 1.82) is 0 Å². The molecule has 0 unspecified atom stereocenters. The van der Waals surface area contributed by atoms with Crippen LogP contribution in [-0.4, -0.2) is 20.9 Å². The number of carbonyl (C=O) groups is 1. The minimum Gasteiger partial charge on any atom is -0.351 e.